The smallest absolute Gasteiger partial charge is 0.251 e. The van der Waals surface area contributed by atoms with Gasteiger partial charge < -0.3 is 19.1 Å². The van der Waals surface area contributed by atoms with E-state index in [1.807, 2.05) is 31.2 Å². The van der Waals surface area contributed by atoms with Crippen molar-refractivity contribution >= 4 is 5.91 Å². The second kappa shape index (κ2) is 6.35. The summed E-state index contributed by atoms with van der Waals surface area (Å²) in [5.41, 5.74) is 0. The largest absolute Gasteiger partial charge is 0.486 e. The Hall–Kier alpha value is -1.75. The van der Waals surface area contributed by atoms with Crippen LogP contribution < -0.4 is 9.47 Å². The zero-order valence-corrected chi connectivity index (χ0v) is 12.3. The van der Waals surface area contributed by atoms with Gasteiger partial charge in [-0.05, 0) is 31.9 Å². The molecule has 1 saturated heterocycles. The van der Waals surface area contributed by atoms with Crippen molar-refractivity contribution in [2.75, 3.05) is 26.3 Å². The van der Waals surface area contributed by atoms with Crippen molar-refractivity contribution in [1.82, 2.24) is 4.90 Å². The van der Waals surface area contributed by atoms with Crippen molar-refractivity contribution in [3.63, 3.8) is 0 Å². The summed E-state index contributed by atoms with van der Waals surface area (Å²) in [5.74, 6) is 1.58. The molecular formula is C16H21NO4. The first-order chi connectivity index (χ1) is 10.3. The standard InChI is InChI=1S/C16H21NO4/c1-2-17(16(18)15-8-5-9-19-15)10-12-11-20-13-6-3-4-7-14(13)21-12/h3-4,6-7,12,15H,2,5,8-11H2,1H3/t12-,15-/m1/s1. The summed E-state index contributed by atoms with van der Waals surface area (Å²) in [5, 5.41) is 0. The number of fused-ring (bicyclic) bond motifs is 1. The molecule has 21 heavy (non-hydrogen) atoms. The molecule has 2 atom stereocenters. The number of carbonyl (C=O) groups is 1. The maximum Gasteiger partial charge on any atom is 0.251 e. The molecule has 0 bridgehead atoms. The summed E-state index contributed by atoms with van der Waals surface area (Å²) in [7, 11) is 0. The van der Waals surface area contributed by atoms with Gasteiger partial charge in [0, 0.05) is 13.2 Å². The number of nitrogens with zero attached hydrogens (tertiary/aromatic N) is 1. The molecule has 0 spiro atoms. The zero-order chi connectivity index (χ0) is 14.7. The number of hydrogen-bond donors (Lipinski definition) is 0. The lowest BCUT2D eigenvalue weighted by Gasteiger charge is -2.31. The highest BCUT2D eigenvalue weighted by atomic mass is 16.6. The molecular weight excluding hydrogens is 270 g/mol. The Kier molecular flexibility index (Phi) is 4.29. The van der Waals surface area contributed by atoms with Gasteiger partial charge in [0.05, 0.1) is 6.54 Å². The summed E-state index contributed by atoms with van der Waals surface area (Å²) < 4.78 is 17.1. The number of amides is 1. The lowest BCUT2D eigenvalue weighted by atomic mass is 10.2. The summed E-state index contributed by atoms with van der Waals surface area (Å²) >= 11 is 0. The quantitative estimate of drug-likeness (QED) is 0.849. The van der Waals surface area contributed by atoms with Gasteiger partial charge in [-0.15, -0.1) is 0 Å². The molecule has 1 amide bonds. The Morgan fingerprint density at radius 3 is 2.86 bits per heavy atom. The van der Waals surface area contributed by atoms with Crippen LogP contribution in [0.3, 0.4) is 0 Å². The number of benzene rings is 1. The minimum Gasteiger partial charge on any atom is -0.486 e. The Balaban J connectivity index is 1.61. The van der Waals surface area contributed by atoms with Crippen LogP contribution >= 0.6 is 0 Å². The molecule has 2 aliphatic heterocycles. The van der Waals surface area contributed by atoms with E-state index in [1.54, 1.807) is 4.90 Å². The minimum absolute atomic E-state index is 0.0671. The number of rotatable bonds is 4. The molecule has 0 aromatic heterocycles. The van der Waals surface area contributed by atoms with Crippen LogP contribution in [0.25, 0.3) is 0 Å². The van der Waals surface area contributed by atoms with Gasteiger partial charge in [0.2, 0.25) is 0 Å². The van der Waals surface area contributed by atoms with Crippen molar-refractivity contribution < 1.29 is 19.0 Å². The molecule has 2 heterocycles. The minimum atomic E-state index is -0.276. The van der Waals surface area contributed by atoms with Gasteiger partial charge >= 0.3 is 0 Å². The van der Waals surface area contributed by atoms with E-state index in [4.69, 9.17) is 14.2 Å². The molecule has 3 rings (SSSR count). The maximum absolute atomic E-state index is 12.4. The van der Waals surface area contributed by atoms with Crippen LogP contribution in [0.1, 0.15) is 19.8 Å². The van der Waals surface area contributed by atoms with Crippen molar-refractivity contribution in [3.8, 4) is 11.5 Å². The predicted molar refractivity (Wildman–Crippen MR) is 77.6 cm³/mol. The summed E-state index contributed by atoms with van der Waals surface area (Å²) in [6.07, 6.45) is 1.37. The molecule has 114 valence electrons. The fraction of sp³-hybridized carbons (Fsp3) is 0.562. The van der Waals surface area contributed by atoms with Crippen LogP contribution in [-0.4, -0.2) is 49.3 Å². The van der Waals surface area contributed by atoms with Gasteiger partial charge in [0.25, 0.3) is 5.91 Å². The SMILES string of the molecule is CCN(C[C@@H]1COc2ccccc2O1)C(=O)[C@H]1CCCO1. The Morgan fingerprint density at radius 2 is 2.14 bits per heavy atom. The van der Waals surface area contributed by atoms with Crippen LogP contribution in [0.2, 0.25) is 0 Å². The number of likely N-dealkylation sites (N-methyl/N-ethyl adjacent to an activating group) is 1. The molecule has 0 saturated carbocycles. The Labute approximate surface area is 124 Å². The van der Waals surface area contributed by atoms with E-state index < -0.39 is 0 Å². The van der Waals surface area contributed by atoms with Gasteiger partial charge in [-0.25, -0.2) is 0 Å². The van der Waals surface area contributed by atoms with Crippen molar-refractivity contribution in [3.05, 3.63) is 24.3 Å². The first-order valence-corrected chi connectivity index (χ1v) is 7.57. The Morgan fingerprint density at radius 1 is 1.33 bits per heavy atom. The number of carbonyl (C=O) groups excluding carboxylic acids is 1. The number of ether oxygens (including phenoxy) is 3. The van der Waals surface area contributed by atoms with E-state index in [-0.39, 0.29) is 18.1 Å². The molecule has 1 aromatic carbocycles. The molecule has 1 fully saturated rings. The van der Waals surface area contributed by atoms with E-state index in [0.717, 1.165) is 24.3 Å². The molecule has 2 aliphatic rings. The number of para-hydroxylation sites is 2. The molecule has 0 aliphatic carbocycles. The highest BCUT2D eigenvalue weighted by molar-refractivity contribution is 5.81. The van der Waals surface area contributed by atoms with Gasteiger partial charge in [-0.3, -0.25) is 4.79 Å². The fourth-order valence-electron chi connectivity index (χ4n) is 2.75. The highest BCUT2D eigenvalue weighted by Crippen LogP contribution is 2.31. The summed E-state index contributed by atoms with van der Waals surface area (Å²) in [6, 6.07) is 7.61. The Bertz CT molecular complexity index is 499. The third-order valence-corrected chi connectivity index (χ3v) is 3.89. The molecule has 1 aromatic rings. The second-order valence-corrected chi connectivity index (χ2v) is 5.38. The fourth-order valence-corrected chi connectivity index (χ4v) is 2.75. The van der Waals surface area contributed by atoms with Gasteiger partial charge in [0.15, 0.2) is 17.6 Å². The first kappa shape index (κ1) is 14.2. The van der Waals surface area contributed by atoms with Gasteiger partial charge in [-0.2, -0.15) is 0 Å². The molecule has 0 radical (unpaired) electrons. The van der Waals surface area contributed by atoms with Crippen molar-refractivity contribution in [2.24, 2.45) is 0 Å². The van der Waals surface area contributed by atoms with Crippen molar-refractivity contribution in [1.29, 1.82) is 0 Å². The molecule has 0 N–H and O–H groups in total. The third kappa shape index (κ3) is 3.13. The highest BCUT2D eigenvalue weighted by Gasteiger charge is 2.30. The predicted octanol–water partition coefficient (Wildman–Crippen LogP) is 1.85. The van der Waals surface area contributed by atoms with Crippen LogP contribution in [0.4, 0.5) is 0 Å². The van der Waals surface area contributed by atoms with Crippen LogP contribution in [0.5, 0.6) is 11.5 Å². The monoisotopic (exact) mass is 291 g/mol. The van der Waals surface area contributed by atoms with Gasteiger partial charge in [0.1, 0.15) is 12.7 Å². The maximum atomic E-state index is 12.4. The van der Waals surface area contributed by atoms with Crippen LogP contribution in [0.15, 0.2) is 24.3 Å². The van der Waals surface area contributed by atoms with Crippen LogP contribution in [-0.2, 0) is 9.53 Å². The first-order valence-electron chi connectivity index (χ1n) is 7.57. The topological polar surface area (TPSA) is 48.0 Å². The summed E-state index contributed by atoms with van der Waals surface area (Å²) in [6.45, 7) is 4.31. The van der Waals surface area contributed by atoms with E-state index in [9.17, 15) is 4.79 Å². The lowest BCUT2D eigenvalue weighted by Crippen LogP contribution is -2.46. The molecule has 0 unspecified atom stereocenters. The molecule has 5 nitrogen and oxygen atoms in total. The molecule has 5 heteroatoms. The van der Waals surface area contributed by atoms with E-state index >= 15 is 0 Å². The lowest BCUT2D eigenvalue weighted by molar-refractivity contribution is -0.142. The van der Waals surface area contributed by atoms with Crippen LogP contribution in [0, 0.1) is 0 Å². The second-order valence-electron chi connectivity index (χ2n) is 5.38. The van der Waals surface area contributed by atoms with E-state index in [2.05, 4.69) is 0 Å². The normalized spacial score (nSPS) is 23.9. The average Bonchev–Trinajstić information content (AvgIpc) is 3.06. The van der Waals surface area contributed by atoms with E-state index in [1.165, 1.54) is 0 Å². The van der Waals surface area contributed by atoms with Crippen molar-refractivity contribution in [2.45, 2.75) is 32.0 Å². The number of hydrogen-bond acceptors (Lipinski definition) is 4. The summed E-state index contributed by atoms with van der Waals surface area (Å²) in [4.78, 5) is 14.2. The average molecular weight is 291 g/mol. The van der Waals surface area contributed by atoms with Gasteiger partial charge in [-0.1, -0.05) is 12.1 Å². The third-order valence-electron chi connectivity index (χ3n) is 3.89. The van der Waals surface area contributed by atoms with E-state index in [0.29, 0.717) is 26.3 Å². The zero-order valence-electron chi connectivity index (χ0n) is 12.3.